The fourth-order valence-corrected chi connectivity index (χ4v) is 1.69. The number of nitrogens with one attached hydrogen (secondary N) is 2. The van der Waals surface area contributed by atoms with Gasteiger partial charge in [0.2, 0.25) is 5.89 Å². The average Bonchev–Trinajstić information content (AvgIpc) is 2.86. The summed E-state index contributed by atoms with van der Waals surface area (Å²) >= 11 is 0. The minimum absolute atomic E-state index is 0.377. The molecule has 0 fully saturated rings. The molecule has 0 unspecified atom stereocenters. The predicted octanol–water partition coefficient (Wildman–Crippen LogP) is 2.63. The van der Waals surface area contributed by atoms with E-state index in [0.717, 1.165) is 17.0 Å². The Morgan fingerprint density at radius 3 is 2.75 bits per heavy atom. The molecule has 2 N–H and O–H groups in total. The molecular weight excluding hydrogens is 256 g/mol. The van der Waals surface area contributed by atoms with Crippen molar-refractivity contribution >= 4 is 11.7 Å². The highest BCUT2D eigenvalue weighted by molar-refractivity contribution is 5.58. The highest BCUT2D eigenvalue weighted by atomic mass is 16.5. The molecule has 0 spiro atoms. The summed E-state index contributed by atoms with van der Waals surface area (Å²) < 4.78 is 10.7. The minimum atomic E-state index is 0.377. The van der Waals surface area contributed by atoms with Gasteiger partial charge >= 0.3 is 6.01 Å². The maximum atomic E-state index is 5.52. The lowest BCUT2D eigenvalue weighted by Gasteiger charge is -2.07. The van der Waals surface area contributed by atoms with Crippen LogP contribution in [0, 0.1) is 6.92 Å². The Morgan fingerprint density at radius 2 is 2.10 bits per heavy atom. The molecule has 0 aliphatic rings. The normalized spacial score (nSPS) is 10.8. The Balaban J connectivity index is 2.03. The molecule has 1 aromatic heterocycles. The quantitative estimate of drug-likeness (QED) is 0.845. The van der Waals surface area contributed by atoms with Gasteiger partial charge in [0.05, 0.1) is 13.7 Å². The van der Waals surface area contributed by atoms with Gasteiger partial charge in [0, 0.05) is 11.7 Å². The van der Waals surface area contributed by atoms with Crippen LogP contribution in [0.15, 0.2) is 22.6 Å². The number of benzene rings is 1. The van der Waals surface area contributed by atoms with Gasteiger partial charge in [-0.15, -0.1) is 5.10 Å². The lowest BCUT2D eigenvalue weighted by molar-refractivity contribution is 0.414. The monoisotopic (exact) mass is 276 g/mol. The van der Waals surface area contributed by atoms with Crippen molar-refractivity contribution in [2.45, 2.75) is 33.4 Å². The summed E-state index contributed by atoms with van der Waals surface area (Å²) in [5.41, 5.74) is 1.96. The largest absolute Gasteiger partial charge is 0.497 e. The first-order valence-electron chi connectivity index (χ1n) is 6.56. The second-order valence-electron chi connectivity index (χ2n) is 4.84. The van der Waals surface area contributed by atoms with Gasteiger partial charge < -0.3 is 19.8 Å². The number of aryl methyl sites for hydroxylation is 1. The maximum Gasteiger partial charge on any atom is 0.320 e. The van der Waals surface area contributed by atoms with Crippen molar-refractivity contribution in [3.63, 3.8) is 0 Å². The fourth-order valence-electron chi connectivity index (χ4n) is 1.69. The van der Waals surface area contributed by atoms with Gasteiger partial charge in [-0.1, -0.05) is 18.9 Å². The number of nitrogens with zero attached hydrogens (tertiary/aromatic N) is 2. The zero-order valence-electron chi connectivity index (χ0n) is 12.2. The number of anilines is 2. The van der Waals surface area contributed by atoms with Crippen molar-refractivity contribution in [3.05, 3.63) is 29.7 Å². The Morgan fingerprint density at radius 1 is 1.30 bits per heavy atom. The standard InChI is InChI=1S/C14H20N4O2/c1-9(2)15-8-13-17-18-14(20-13)16-12-6-5-11(19-4)7-10(12)3/h5-7,9,15H,8H2,1-4H3,(H,16,18). The van der Waals surface area contributed by atoms with Gasteiger partial charge in [-0.25, -0.2) is 0 Å². The number of rotatable bonds is 6. The Kier molecular flexibility index (Phi) is 4.57. The average molecular weight is 276 g/mol. The number of ether oxygens (including phenoxy) is 1. The second-order valence-corrected chi connectivity index (χ2v) is 4.84. The summed E-state index contributed by atoms with van der Waals surface area (Å²) in [6.07, 6.45) is 0. The Bertz CT molecular complexity index is 566. The molecule has 2 rings (SSSR count). The van der Waals surface area contributed by atoms with Crippen LogP contribution in [-0.2, 0) is 6.54 Å². The zero-order chi connectivity index (χ0) is 14.5. The number of hydrogen-bond donors (Lipinski definition) is 2. The molecule has 0 bridgehead atoms. The molecule has 0 aliphatic carbocycles. The molecule has 6 nitrogen and oxygen atoms in total. The highest BCUT2D eigenvalue weighted by Crippen LogP contribution is 2.23. The zero-order valence-corrected chi connectivity index (χ0v) is 12.2. The van der Waals surface area contributed by atoms with Crippen LogP contribution in [0.2, 0.25) is 0 Å². The predicted molar refractivity (Wildman–Crippen MR) is 77.3 cm³/mol. The van der Waals surface area contributed by atoms with Crippen molar-refractivity contribution in [2.24, 2.45) is 0 Å². The maximum absolute atomic E-state index is 5.52. The summed E-state index contributed by atoms with van der Waals surface area (Å²) in [5, 5.41) is 14.3. The summed E-state index contributed by atoms with van der Waals surface area (Å²) in [4.78, 5) is 0. The van der Waals surface area contributed by atoms with Crippen molar-refractivity contribution in [3.8, 4) is 5.75 Å². The third-order valence-electron chi connectivity index (χ3n) is 2.80. The summed E-state index contributed by atoms with van der Waals surface area (Å²) in [7, 11) is 1.65. The molecular formula is C14H20N4O2. The molecule has 0 atom stereocenters. The third-order valence-corrected chi connectivity index (χ3v) is 2.80. The molecule has 1 heterocycles. The SMILES string of the molecule is COc1ccc(Nc2nnc(CNC(C)C)o2)c(C)c1. The van der Waals surface area contributed by atoms with E-state index in [1.54, 1.807) is 7.11 Å². The topological polar surface area (TPSA) is 72.2 Å². The van der Waals surface area contributed by atoms with Crippen molar-refractivity contribution in [2.75, 3.05) is 12.4 Å². The van der Waals surface area contributed by atoms with E-state index in [2.05, 4.69) is 34.7 Å². The van der Waals surface area contributed by atoms with Crippen LogP contribution >= 0.6 is 0 Å². The Hall–Kier alpha value is -2.08. The van der Waals surface area contributed by atoms with E-state index in [1.807, 2.05) is 25.1 Å². The van der Waals surface area contributed by atoms with Crippen LogP contribution in [0.1, 0.15) is 25.3 Å². The van der Waals surface area contributed by atoms with Crippen LogP contribution in [0.4, 0.5) is 11.7 Å². The van der Waals surface area contributed by atoms with Crippen LogP contribution in [0.5, 0.6) is 5.75 Å². The van der Waals surface area contributed by atoms with Gasteiger partial charge in [0.15, 0.2) is 0 Å². The van der Waals surface area contributed by atoms with Gasteiger partial charge in [0.1, 0.15) is 5.75 Å². The molecule has 0 aliphatic heterocycles. The highest BCUT2D eigenvalue weighted by Gasteiger charge is 2.08. The van der Waals surface area contributed by atoms with Crippen LogP contribution in [0.3, 0.4) is 0 Å². The second kappa shape index (κ2) is 6.38. The first kappa shape index (κ1) is 14.3. The number of aromatic nitrogens is 2. The molecule has 0 saturated carbocycles. The Labute approximate surface area is 118 Å². The number of hydrogen-bond acceptors (Lipinski definition) is 6. The molecule has 0 saturated heterocycles. The summed E-state index contributed by atoms with van der Waals surface area (Å²) in [6.45, 7) is 6.68. The lowest BCUT2D eigenvalue weighted by atomic mass is 10.2. The number of methoxy groups -OCH3 is 1. The first-order valence-corrected chi connectivity index (χ1v) is 6.56. The smallest absolute Gasteiger partial charge is 0.320 e. The summed E-state index contributed by atoms with van der Waals surface area (Å²) in [6, 6.07) is 6.51. The van der Waals surface area contributed by atoms with Gasteiger partial charge in [0.25, 0.3) is 0 Å². The van der Waals surface area contributed by atoms with Crippen LogP contribution < -0.4 is 15.4 Å². The van der Waals surface area contributed by atoms with Crippen molar-refractivity contribution < 1.29 is 9.15 Å². The van der Waals surface area contributed by atoms with Gasteiger partial charge in [-0.3, -0.25) is 0 Å². The minimum Gasteiger partial charge on any atom is -0.497 e. The van der Waals surface area contributed by atoms with Crippen molar-refractivity contribution in [1.29, 1.82) is 0 Å². The van der Waals surface area contributed by atoms with E-state index in [-0.39, 0.29) is 0 Å². The van der Waals surface area contributed by atoms with E-state index in [1.165, 1.54) is 0 Å². The fraction of sp³-hybridized carbons (Fsp3) is 0.429. The molecule has 0 amide bonds. The molecule has 108 valence electrons. The van der Waals surface area contributed by atoms with Crippen molar-refractivity contribution in [1.82, 2.24) is 15.5 Å². The van der Waals surface area contributed by atoms with Crippen LogP contribution in [0.25, 0.3) is 0 Å². The molecule has 2 aromatic rings. The molecule has 20 heavy (non-hydrogen) atoms. The van der Waals surface area contributed by atoms with E-state index < -0.39 is 0 Å². The third kappa shape index (κ3) is 3.71. The van der Waals surface area contributed by atoms with E-state index in [0.29, 0.717) is 24.5 Å². The van der Waals surface area contributed by atoms with Gasteiger partial charge in [-0.05, 0) is 30.7 Å². The van der Waals surface area contributed by atoms with E-state index >= 15 is 0 Å². The summed E-state index contributed by atoms with van der Waals surface area (Å²) in [5.74, 6) is 1.38. The lowest BCUT2D eigenvalue weighted by Crippen LogP contribution is -2.21. The van der Waals surface area contributed by atoms with Crippen LogP contribution in [-0.4, -0.2) is 23.3 Å². The van der Waals surface area contributed by atoms with E-state index in [9.17, 15) is 0 Å². The van der Waals surface area contributed by atoms with Gasteiger partial charge in [-0.2, -0.15) is 0 Å². The first-order chi connectivity index (χ1) is 9.58. The molecule has 0 radical (unpaired) electrons. The molecule has 1 aromatic carbocycles. The van der Waals surface area contributed by atoms with E-state index in [4.69, 9.17) is 9.15 Å². The molecule has 6 heteroatoms.